The topological polar surface area (TPSA) is 63.5 Å². The minimum atomic E-state index is -0.597. The van der Waals surface area contributed by atoms with Crippen LogP contribution in [0.4, 0.5) is 5.69 Å². The summed E-state index contributed by atoms with van der Waals surface area (Å²) >= 11 is 9.30. The van der Waals surface area contributed by atoms with E-state index in [-0.39, 0.29) is 21.1 Å². The predicted molar refractivity (Wildman–Crippen MR) is 78.1 cm³/mol. The van der Waals surface area contributed by atoms with Crippen LogP contribution in [0.5, 0.6) is 0 Å². The highest BCUT2D eigenvalue weighted by atomic mass is 79.9. The number of benzene rings is 1. The molecule has 7 heteroatoms. The third kappa shape index (κ3) is 4.18. The summed E-state index contributed by atoms with van der Waals surface area (Å²) in [4.78, 5) is 24.3. The molecule has 104 valence electrons. The molecule has 0 bridgehead atoms. The molecule has 0 fully saturated rings. The van der Waals surface area contributed by atoms with E-state index in [1.165, 1.54) is 23.1 Å². The summed E-state index contributed by atoms with van der Waals surface area (Å²) in [6.07, 6.45) is 0.750. The smallest absolute Gasteiger partial charge is 0.283 e. The van der Waals surface area contributed by atoms with E-state index in [1.807, 2.05) is 6.92 Å². The van der Waals surface area contributed by atoms with Crippen molar-refractivity contribution in [3.8, 4) is 0 Å². The Morgan fingerprint density at radius 3 is 2.74 bits per heavy atom. The summed E-state index contributed by atoms with van der Waals surface area (Å²) < 4.78 is 0. The first kappa shape index (κ1) is 15.9. The molecule has 1 amide bonds. The molecule has 0 saturated carbocycles. The summed E-state index contributed by atoms with van der Waals surface area (Å²) in [6, 6.07) is 4.21. The Morgan fingerprint density at radius 2 is 2.21 bits per heavy atom. The number of carbonyl (C=O) groups is 1. The first-order valence-corrected chi connectivity index (χ1v) is 6.96. The molecule has 0 spiro atoms. The highest BCUT2D eigenvalue weighted by molar-refractivity contribution is 9.09. The van der Waals surface area contributed by atoms with Crippen molar-refractivity contribution in [2.24, 2.45) is 0 Å². The van der Waals surface area contributed by atoms with Gasteiger partial charge in [-0.15, -0.1) is 0 Å². The number of nitrogens with zero attached hydrogens (tertiary/aromatic N) is 2. The molecule has 0 heterocycles. The van der Waals surface area contributed by atoms with E-state index in [9.17, 15) is 14.9 Å². The number of rotatable bonds is 5. The molecular formula is C12H14BrClN2O3. The van der Waals surface area contributed by atoms with E-state index in [4.69, 9.17) is 11.6 Å². The zero-order valence-electron chi connectivity index (χ0n) is 10.6. The van der Waals surface area contributed by atoms with E-state index < -0.39 is 10.8 Å². The normalized spacial score (nSPS) is 12.0. The molecule has 0 radical (unpaired) electrons. The van der Waals surface area contributed by atoms with Crippen LogP contribution in [0.2, 0.25) is 5.02 Å². The predicted octanol–water partition coefficient (Wildman–Crippen LogP) is 3.49. The van der Waals surface area contributed by atoms with Gasteiger partial charge in [0.15, 0.2) is 0 Å². The highest BCUT2D eigenvalue weighted by Gasteiger charge is 2.25. The summed E-state index contributed by atoms with van der Waals surface area (Å²) in [5, 5.41) is 11.0. The molecule has 1 atom stereocenters. The van der Waals surface area contributed by atoms with Gasteiger partial charge in [0.1, 0.15) is 5.56 Å². The Hall–Kier alpha value is -1.14. The first-order chi connectivity index (χ1) is 8.84. The Morgan fingerprint density at radius 1 is 1.58 bits per heavy atom. The van der Waals surface area contributed by atoms with Crippen LogP contribution in [0, 0.1) is 10.1 Å². The molecule has 1 rings (SSSR count). The fraction of sp³-hybridized carbons (Fsp3) is 0.417. The molecule has 0 aliphatic rings. The molecule has 1 aromatic rings. The van der Waals surface area contributed by atoms with E-state index in [1.54, 1.807) is 7.05 Å². The first-order valence-electron chi connectivity index (χ1n) is 5.67. The lowest BCUT2D eigenvalue weighted by molar-refractivity contribution is -0.385. The minimum absolute atomic E-state index is 0.0566. The number of hydrogen-bond acceptors (Lipinski definition) is 3. The fourth-order valence-corrected chi connectivity index (χ4v) is 2.00. The van der Waals surface area contributed by atoms with Crippen molar-refractivity contribution in [2.45, 2.75) is 18.2 Å². The molecule has 0 aliphatic heterocycles. The van der Waals surface area contributed by atoms with Gasteiger partial charge in [0.05, 0.1) is 9.95 Å². The second kappa shape index (κ2) is 6.86. The lowest BCUT2D eigenvalue weighted by atomic mass is 10.1. The van der Waals surface area contributed by atoms with E-state index in [2.05, 4.69) is 15.9 Å². The van der Waals surface area contributed by atoms with Gasteiger partial charge in [-0.05, 0) is 12.5 Å². The van der Waals surface area contributed by atoms with Crippen molar-refractivity contribution in [3.05, 3.63) is 38.9 Å². The van der Waals surface area contributed by atoms with Crippen LogP contribution in [0.25, 0.3) is 0 Å². The van der Waals surface area contributed by atoms with Gasteiger partial charge in [-0.1, -0.05) is 40.5 Å². The quantitative estimate of drug-likeness (QED) is 0.464. The number of carbonyl (C=O) groups excluding carboxylic acids is 1. The Bertz CT molecular complexity index is 494. The van der Waals surface area contributed by atoms with Gasteiger partial charge in [-0.25, -0.2) is 0 Å². The Balaban J connectivity index is 3.02. The molecule has 19 heavy (non-hydrogen) atoms. The van der Waals surface area contributed by atoms with Crippen LogP contribution < -0.4 is 0 Å². The Labute approximate surface area is 124 Å². The molecule has 0 N–H and O–H groups in total. The third-order valence-corrected chi connectivity index (χ3v) is 3.38. The number of alkyl halides is 1. The number of nitro groups is 1. The maximum Gasteiger partial charge on any atom is 0.283 e. The second-order valence-electron chi connectivity index (χ2n) is 4.19. The van der Waals surface area contributed by atoms with Crippen molar-refractivity contribution in [3.63, 3.8) is 0 Å². The lowest BCUT2D eigenvalue weighted by Gasteiger charge is -2.18. The Kier molecular flexibility index (Phi) is 5.75. The summed E-state index contributed by atoms with van der Waals surface area (Å²) in [5.74, 6) is -0.439. The van der Waals surface area contributed by atoms with Gasteiger partial charge < -0.3 is 4.90 Å². The van der Waals surface area contributed by atoms with Gasteiger partial charge in [0.25, 0.3) is 11.6 Å². The van der Waals surface area contributed by atoms with E-state index in [0.717, 1.165) is 6.42 Å². The summed E-state index contributed by atoms with van der Waals surface area (Å²) in [6.45, 7) is 2.46. The maximum atomic E-state index is 12.2. The zero-order valence-corrected chi connectivity index (χ0v) is 12.9. The number of halogens is 2. The van der Waals surface area contributed by atoms with Gasteiger partial charge in [0, 0.05) is 24.5 Å². The van der Waals surface area contributed by atoms with Gasteiger partial charge >= 0.3 is 0 Å². The molecular weight excluding hydrogens is 336 g/mol. The minimum Gasteiger partial charge on any atom is -0.341 e. The van der Waals surface area contributed by atoms with Crippen molar-refractivity contribution in [2.75, 3.05) is 13.6 Å². The maximum absolute atomic E-state index is 12.2. The largest absolute Gasteiger partial charge is 0.341 e. The number of amides is 1. The lowest BCUT2D eigenvalue weighted by Crippen LogP contribution is -2.29. The zero-order chi connectivity index (χ0) is 14.6. The molecule has 1 unspecified atom stereocenters. The summed E-state index contributed by atoms with van der Waals surface area (Å²) in [7, 11) is 1.60. The molecule has 0 saturated heterocycles. The molecule has 1 aromatic carbocycles. The summed E-state index contributed by atoms with van der Waals surface area (Å²) in [5.41, 5.74) is -0.324. The van der Waals surface area contributed by atoms with Crippen molar-refractivity contribution in [1.29, 1.82) is 0 Å². The van der Waals surface area contributed by atoms with Gasteiger partial charge in [0.2, 0.25) is 0 Å². The van der Waals surface area contributed by atoms with Crippen molar-refractivity contribution in [1.82, 2.24) is 4.90 Å². The highest BCUT2D eigenvalue weighted by Crippen LogP contribution is 2.27. The van der Waals surface area contributed by atoms with Crippen molar-refractivity contribution < 1.29 is 9.72 Å². The van der Waals surface area contributed by atoms with E-state index in [0.29, 0.717) is 6.54 Å². The van der Waals surface area contributed by atoms with Crippen LogP contribution in [0.3, 0.4) is 0 Å². The average molecular weight is 350 g/mol. The average Bonchev–Trinajstić information content (AvgIpc) is 2.34. The number of nitro benzene ring substituents is 1. The van der Waals surface area contributed by atoms with Crippen LogP contribution in [0.1, 0.15) is 23.7 Å². The number of hydrogen-bond donors (Lipinski definition) is 0. The second-order valence-corrected chi connectivity index (χ2v) is 6.16. The van der Waals surface area contributed by atoms with Crippen LogP contribution in [0.15, 0.2) is 18.2 Å². The van der Waals surface area contributed by atoms with Crippen LogP contribution in [-0.4, -0.2) is 34.2 Å². The van der Waals surface area contributed by atoms with Crippen LogP contribution in [-0.2, 0) is 0 Å². The molecule has 5 nitrogen and oxygen atoms in total. The van der Waals surface area contributed by atoms with E-state index >= 15 is 0 Å². The standard InChI is InChI=1S/C12H14BrClN2O3/c1-8(13)6-7-15(2)12(17)11-9(14)4-3-5-10(11)16(18)19/h3-5,8H,6-7H2,1-2H3. The van der Waals surface area contributed by atoms with Crippen molar-refractivity contribution >= 4 is 39.1 Å². The monoisotopic (exact) mass is 348 g/mol. The van der Waals surface area contributed by atoms with Crippen LogP contribution >= 0.6 is 27.5 Å². The SMILES string of the molecule is CC(Br)CCN(C)C(=O)c1c(Cl)cccc1[N+](=O)[O-]. The molecule has 0 aliphatic carbocycles. The fourth-order valence-electron chi connectivity index (χ4n) is 1.54. The van der Waals surface area contributed by atoms with Gasteiger partial charge in [-0.3, -0.25) is 14.9 Å². The molecule has 0 aromatic heterocycles. The third-order valence-electron chi connectivity index (χ3n) is 2.61. The van der Waals surface area contributed by atoms with Gasteiger partial charge in [-0.2, -0.15) is 0 Å².